The number of unbranched alkanes of at least 4 members (excludes halogenated alkanes) is 1. The summed E-state index contributed by atoms with van der Waals surface area (Å²) in [4.78, 5) is 2.18. The van der Waals surface area contributed by atoms with E-state index in [1.165, 1.54) is 0 Å². The van der Waals surface area contributed by atoms with Gasteiger partial charge in [-0.15, -0.1) is 0 Å². The lowest BCUT2D eigenvalue weighted by Crippen LogP contribution is -2.27. The van der Waals surface area contributed by atoms with Crippen molar-refractivity contribution in [2.45, 2.75) is 32.8 Å². The topological polar surface area (TPSA) is 43.7 Å². The summed E-state index contributed by atoms with van der Waals surface area (Å²) in [5.74, 6) is 0. The van der Waals surface area contributed by atoms with Gasteiger partial charge in [0.05, 0.1) is 12.7 Å². The van der Waals surface area contributed by atoms with E-state index in [0.29, 0.717) is 6.54 Å². The van der Waals surface area contributed by atoms with Crippen molar-refractivity contribution in [3.63, 3.8) is 0 Å². The summed E-state index contributed by atoms with van der Waals surface area (Å²) in [7, 11) is 0. The molecule has 0 aromatic heterocycles. The number of aliphatic hydroxyl groups is 2. The molecule has 0 saturated carbocycles. The molecule has 0 aliphatic rings. The maximum absolute atomic E-state index is 9.44. The van der Waals surface area contributed by atoms with E-state index in [2.05, 4.69) is 11.8 Å². The summed E-state index contributed by atoms with van der Waals surface area (Å²) in [6.07, 6.45) is 1.84. The van der Waals surface area contributed by atoms with Crippen molar-refractivity contribution in [3.8, 4) is 0 Å². The number of benzene rings is 1. The van der Waals surface area contributed by atoms with Crippen molar-refractivity contribution in [2.24, 2.45) is 0 Å². The van der Waals surface area contributed by atoms with Crippen molar-refractivity contribution in [1.29, 1.82) is 0 Å². The number of nitrogens with zero attached hydrogens (tertiary/aromatic N) is 1. The molecule has 0 bridgehead atoms. The van der Waals surface area contributed by atoms with Crippen LogP contribution < -0.4 is 4.90 Å². The highest BCUT2D eigenvalue weighted by molar-refractivity contribution is 5.47. The molecular weight excluding hydrogens is 214 g/mol. The van der Waals surface area contributed by atoms with Gasteiger partial charge in [0.1, 0.15) is 0 Å². The third kappa shape index (κ3) is 4.36. The zero-order valence-corrected chi connectivity index (χ0v) is 10.8. The average Bonchev–Trinajstić information content (AvgIpc) is 2.34. The predicted octanol–water partition coefficient (Wildman–Crippen LogP) is 2.34. The highest BCUT2D eigenvalue weighted by Gasteiger charge is 2.06. The van der Waals surface area contributed by atoms with Crippen LogP contribution in [0.25, 0.3) is 0 Å². The monoisotopic (exact) mass is 237 g/mol. The fraction of sp³-hybridized carbons (Fsp3) is 0.571. The molecule has 17 heavy (non-hydrogen) atoms. The van der Waals surface area contributed by atoms with Crippen LogP contribution in [0.3, 0.4) is 0 Å². The minimum atomic E-state index is -0.425. The van der Waals surface area contributed by atoms with E-state index < -0.39 is 6.10 Å². The lowest BCUT2D eigenvalue weighted by molar-refractivity contribution is 0.199. The van der Waals surface area contributed by atoms with E-state index in [4.69, 9.17) is 5.11 Å². The first-order chi connectivity index (χ1) is 8.19. The second kappa shape index (κ2) is 7.30. The Morgan fingerprint density at radius 1 is 1.18 bits per heavy atom. The lowest BCUT2D eigenvalue weighted by atomic mass is 10.1. The first kappa shape index (κ1) is 14.0. The number of aliphatic hydroxyl groups excluding tert-OH is 2. The van der Waals surface area contributed by atoms with Crippen LogP contribution in [0.5, 0.6) is 0 Å². The number of rotatable bonds is 7. The van der Waals surface area contributed by atoms with Gasteiger partial charge in [0.25, 0.3) is 0 Å². The van der Waals surface area contributed by atoms with Crippen molar-refractivity contribution >= 4 is 5.69 Å². The summed E-state index contributed by atoms with van der Waals surface area (Å²) in [6, 6.07) is 7.90. The van der Waals surface area contributed by atoms with Gasteiger partial charge < -0.3 is 15.1 Å². The minimum Gasteiger partial charge on any atom is -0.395 e. The Bertz CT molecular complexity index is 309. The second-order valence-electron chi connectivity index (χ2n) is 4.33. The lowest BCUT2D eigenvalue weighted by Gasteiger charge is -2.24. The van der Waals surface area contributed by atoms with Crippen LogP contribution in [0, 0.1) is 0 Å². The van der Waals surface area contributed by atoms with Crippen LogP contribution in [0.1, 0.15) is 38.4 Å². The van der Waals surface area contributed by atoms with Crippen LogP contribution in [0.4, 0.5) is 5.69 Å². The molecule has 96 valence electrons. The van der Waals surface area contributed by atoms with Crippen molar-refractivity contribution < 1.29 is 10.2 Å². The van der Waals surface area contributed by atoms with E-state index in [9.17, 15) is 5.11 Å². The fourth-order valence-corrected chi connectivity index (χ4v) is 1.80. The van der Waals surface area contributed by atoms with Crippen LogP contribution in [-0.2, 0) is 0 Å². The minimum absolute atomic E-state index is 0.169. The first-order valence-corrected chi connectivity index (χ1v) is 6.32. The van der Waals surface area contributed by atoms with Crippen LogP contribution in [0.15, 0.2) is 24.3 Å². The highest BCUT2D eigenvalue weighted by Crippen LogP contribution is 2.19. The molecule has 0 aliphatic carbocycles. The molecule has 0 radical (unpaired) electrons. The van der Waals surface area contributed by atoms with Gasteiger partial charge in [0, 0.05) is 18.8 Å². The third-order valence-corrected chi connectivity index (χ3v) is 2.89. The van der Waals surface area contributed by atoms with Gasteiger partial charge in [0.15, 0.2) is 0 Å². The zero-order valence-electron chi connectivity index (χ0n) is 10.8. The molecule has 0 unspecified atom stereocenters. The molecule has 1 aromatic rings. The van der Waals surface area contributed by atoms with Gasteiger partial charge in [0.2, 0.25) is 0 Å². The maximum Gasteiger partial charge on any atom is 0.0761 e. The summed E-state index contributed by atoms with van der Waals surface area (Å²) >= 11 is 0. The number of hydrogen-bond donors (Lipinski definition) is 2. The van der Waals surface area contributed by atoms with E-state index in [-0.39, 0.29) is 6.61 Å². The number of anilines is 1. The molecule has 0 fully saturated rings. The fourth-order valence-electron chi connectivity index (χ4n) is 1.80. The molecule has 0 amide bonds. The largest absolute Gasteiger partial charge is 0.395 e. The Labute approximate surface area is 104 Å². The Morgan fingerprint density at radius 3 is 2.29 bits per heavy atom. The van der Waals surface area contributed by atoms with E-state index in [0.717, 1.165) is 30.6 Å². The van der Waals surface area contributed by atoms with Gasteiger partial charge in [-0.2, -0.15) is 0 Å². The SMILES string of the molecule is CCCCN(CCO)c1ccc([C@H](C)O)cc1. The molecule has 1 rings (SSSR count). The van der Waals surface area contributed by atoms with Gasteiger partial charge in [-0.3, -0.25) is 0 Å². The molecule has 0 saturated heterocycles. The molecule has 0 aliphatic heterocycles. The van der Waals surface area contributed by atoms with E-state index in [1.54, 1.807) is 6.92 Å². The molecular formula is C14H23NO2. The summed E-state index contributed by atoms with van der Waals surface area (Å²) in [6.45, 7) is 5.71. The van der Waals surface area contributed by atoms with E-state index in [1.807, 2.05) is 24.3 Å². The maximum atomic E-state index is 9.44. The van der Waals surface area contributed by atoms with Crippen molar-refractivity contribution in [3.05, 3.63) is 29.8 Å². The standard InChI is InChI=1S/C14H23NO2/c1-3-4-9-15(10-11-16)14-7-5-13(6-8-14)12(2)17/h5-8,12,16-17H,3-4,9-11H2,1-2H3/t12-/m0/s1. The van der Waals surface area contributed by atoms with Crippen LogP contribution >= 0.6 is 0 Å². The van der Waals surface area contributed by atoms with Crippen molar-refractivity contribution in [2.75, 3.05) is 24.6 Å². The third-order valence-electron chi connectivity index (χ3n) is 2.89. The summed E-state index contributed by atoms with van der Waals surface area (Å²) in [5.41, 5.74) is 2.03. The predicted molar refractivity (Wildman–Crippen MR) is 71.3 cm³/mol. The molecule has 2 N–H and O–H groups in total. The van der Waals surface area contributed by atoms with Crippen molar-refractivity contribution in [1.82, 2.24) is 0 Å². The van der Waals surface area contributed by atoms with E-state index >= 15 is 0 Å². The molecule has 1 atom stereocenters. The average molecular weight is 237 g/mol. The Morgan fingerprint density at radius 2 is 1.82 bits per heavy atom. The Balaban J connectivity index is 2.72. The van der Waals surface area contributed by atoms with Gasteiger partial charge in [-0.1, -0.05) is 25.5 Å². The Hall–Kier alpha value is -1.06. The van der Waals surface area contributed by atoms with Gasteiger partial charge >= 0.3 is 0 Å². The highest BCUT2D eigenvalue weighted by atomic mass is 16.3. The molecule has 0 spiro atoms. The van der Waals surface area contributed by atoms with Gasteiger partial charge in [-0.05, 0) is 31.0 Å². The zero-order chi connectivity index (χ0) is 12.7. The number of hydrogen-bond acceptors (Lipinski definition) is 3. The van der Waals surface area contributed by atoms with Crippen LogP contribution in [0.2, 0.25) is 0 Å². The van der Waals surface area contributed by atoms with Crippen LogP contribution in [-0.4, -0.2) is 29.9 Å². The normalized spacial score (nSPS) is 12.5. The molecule has 0 heterocycles. The summed E-state index contributed by atoms with van der Waals surface area (Å²) in [5, 5.41) is 18.5. The first-order valence-electron chi connectivity index (χ1n) is 6.32. The van der Waals surface area contributed by atoms with Gasteiger partial charge in [-0.25, -0.2) is 0 Å². The summed E-state index contributed by atoms with van der Waals surface area (Å²) < 4.78 is 0. The molecule has 1 aromatic carbocycles. The quantitative estimate of drug-likeness (QED) is 0.765. The smallest absolute Gasteiger partial charge is 0.0761 e. The molecule has 3 heteroatoms. The second-order valence-corrected chi connectivity index (χ2v) is 4.33. The Kier molecular flexibility index (Phi) is 6.01. The molecule has 3 nitrogen and oxygen atoms in total.